The highest BCUT2D eigenvalue weighted by atomic mass is 19.4. The van der Waals surface area contributed by atoms with E-state index in [0.29, 0.717) is 5.70 Å². The molecule has 2 aromatic carbocycles. The number of phenols is 1. The van der Waals surface area contributed by atoms with Crippen LogP contribution in [0.15, 0.2) is 53.7 Å². The van der Waals surface area contributed by atoms with E-state index in [9.17, 15) is 27.9 Å². The Kier molecular flexibility index (Phi) is 4.50. The second-order valence-corrected chi connectivity index (χ2v) is 6.93. The molecule has 0 radical (unpaired) electrons. The highest BCUT2D eigenvalue weighted by molar-refractivity contribution is 6.08. The lowest BCUT2D eigenvalue weighted by Gasteiger charge is -2.34. The number of rotatable bonds is 2. The van der Waals surface area contributed by atoms with Gasteiger partial charge in [-0.05, 0) is 36.8 Å². The molecule has 0 saturated carbocycles. The average molecular weight is 413 g/mol. The molecule has 30 heavy (non-hydrogen) atoms. The van der Waals surface area contributed by atoms with Gasteiger partial charge in [0.2, 0.25) is 0 Å². The van der Waals surface area contributed by atoms with E-state index in [4.69, 9.17) is 5.26 Å². The van der Waals surface area contributed by atoms with Crippen LogP contribution in [0.5, 0.6) is 5.75 Å². The zero-order chi connectivity index (χ0) is 21.6. The highest BCUT2D eigenvalue weighted by Crippen LogP contribution is 2.43. The highest BCUT2D eigenvalue weighted by Gasteiger charge is 2.42. The number of benzene rings is 2. The smallest absolute Gasteiger partial charge is 0.416 e. The molecule has 0 aromatic heterocycles. The van der Waals surface area contributed by atoms with Crippen LogP contribution in [-0.4, -0.2) is 16.9 Å². The first-order valence-corrected chi connectivity index (χ1v) is 8.98. The van der Waals surface area contributed by atoms with Gasteiger partial charge < -0.3 is 10.4 Å². The van der Waals surface area contributed by atoms with Crippen molar-refractivity contribution in [3.8, 4) is 11.8 Å². The lowest BCUT2D eigenvalue weighted by molar-refractivity contribution is -0.137. The summed E-state index contributed by atoms with van der Waals surface area (Å²) in [6, 6.07) is 8.63. The van der Waals surface area contributed by atoms with E-state index in [0.717, 1.165) is 17.0 Å². The summed E-state index contributed by atoms with van der Waals surface area (Å²) in [5.41, 5.74) is 0.0340. The third kappa shape index (κ3) is 3.16. The third-order valence-corrected chi connectivity index (χ3v) is 5.13. The number of halogens is 3. The van der Waals surface area contributed by atoms with Gasteiger partial charge in [0.25, 0.3) is 0 Å². The van der Waals surface area contributed by atoms with Gasteiger partial charge in [-0.3, -0.25) is 9.69 Å². The van der Waals surface area contributed by atoms with Gasteiger partial charge in [0.1, 0.15) is 5.75 Å². The molecule has 152 valence electrons. The Morgan fingerprint density at radius 2 is 1.90 bits per heavy atom. The van der Waals surface area contributed by atoms with E-state index >= 15 is 0 Å². The molecule has 1 heterocycles. The Morgan fingerprint density at radius 3 is 2.57 bits per heavy atom. The van der Waals surface area contributed by atoms with E-state index < -0.39 is 23.8 Å². The molecule has 0 bridgehead atoms. The first kappa shape index (κ1) is 19.5. The van der Waals surface area contributed by atoms with Gasteiger partial charge in [0.15, 0.2) is 5.78 Å². The predicted octanol–water partition coefficient (Wildman–Crippen LogP) is 4.17. The minimum Gasteiger partial charge on any atom is -0.508 e. The van der Waals surface area contributed by atoms with Crippen molar-refractivity contribution in [3.05, 3.63) is 70.4 Å². The summed E-state index contributed by atoms with van der Waals surface area (Å²) >= 11 is 0. The molecule has 2 aromatic rings. The number of amides is 2. The van der Waals surface area contributed by atoms with Crippen molar-refractivity contribution < 1.29 is 27.9 Å². The van der Waals surface area contributed by atoms with Gasteiger partial charge in [-0.25, -0.2) is 4.79 Å². The predicted molar refractivity (Wildman–Crippen MR) is 99.3 cm³/mol. The monoisotopic (exact) mass is 413 g/mol. The molecule has 2 aliphatic rings. The first-order valence-electron chi connectivity index (χ1n) is 8.98. The summed E-state index contributed by atoms with van der Waals surface area (Å²) in [5, 5.41) is 21.9. The number of hydrogen-bond donors (Lipinski definition) is 2. The zero-order valence-electron chi connectivity index (χ0n) is 15.3. The van der Waals surface area contributed by atoms with Crippen LogP contribution in [0.4, 0.5) is 23.7 Å². The van der Waals surface area contributed by atoms with Crippen LogP contribution in [0.1, 0.15) is 35.6 Å². The molecule has 0 saturated heterocycles. The van der Waals surface area contributed by atoms with Crippen LogP contribution in [0.3, 0.4) is 0 Å². The van der Waals surface area contributed by atoms with E-state index in [1.165, 1.54) is 30.3 Å². The Labute approximate surface area is 168 Å². The molecule has 0 fully saturated rings. The van der Waals surface area contributed by atoms with E-state index in [1.54, 1.807) is 0 Å². The van der Waals surface area contributed by atoms with Crippen molar-refractivity contribution in [1.82, 2.24) is 5.32 Å². The number of carbonyl (C=O) groups is 2. The lowest BCUT2D eigenvalue weighted by atomic mass is 9.93. The number of anilines is 1. The van der Waals surface area contributed by atoms with Crippen LogP contribution >= 0.6 is 0 Å². The fourth-order valence-corrected chi connectivity index (χ4v) is 3.79. The first-order chi connectivity index (χ1) is 14.2. The molecule has 0 spiro atoms. The van der Waals surface area contributed by atoms with E-state index in [2.05, 4.69) is 5.32 Å². The Balaban J connectivity index is 1.83. The van der Waals surface area contributed by atoms with Crippen molar-refractivity contribution in [2.45, 2.75) is 25.1 Å². The van der Waals surface area contributed by atoms with Gasteiger partial charge in [-0.1, -0.05) is 12.1 Å². The number of nitriles is 1. The van der Waals surface area contributed by atoms with E-state index in [1.807, 2.05) is 6.07 Å². The number of allylic oxidation sites excluding steroid dienone is 1. The Bertz CT molecular complexity index is 1150. The van der Waals surface area contributed by atoms with Crippen LogP contribution in [0, 0.1) is 11.3 Å². The van der Waals surface area contributed by atoms with Gasteiger partial charge in [0.05, 0.1) is 28.9 Å². The number of carbonyl (C=O) groups excluding carboxylic acids is 2. The zero-order valence-corrected chi connectivity index (χ0v) is 15.3. The number of urea groups is 1. The summed E-state index contributed by atoms with van der Waals surface area (Å²) in [6.45, 7) is 0. The molecule has 2 amide bonds. The number of ketones is 1. The Morgan fingerprint density at radius 1 is 1.13 bits per heavy atom. The van der Waals surface area contributed by atoms with Crippen molar-refractivity contribution in [2.75, 3.05) is 4.90 Å². The fourth-order valence-electron chi connectivity index (χ4n) is 3.79. The summed E-state index contributed by atoms with van der Waals surface area (Å²) in [7, 11) is 0. The fraction of sp³-hybridized carbons (Fsp3) is 0.190. The maximum atomic E-state index is 13.1. The molecule has 4 rings (SSSR count). The minimum absolute atomic E-state index is 0.00738. The maximum Gasteiger partial charge on any atom is 0.416 e. The molecule has 1 unspecified atom stereocenters. The molecule has 1 aliphatic heterocycles. The van der Waals surface area contributed by atoms with Crippen molar-refractivity contribution >= 4 is 17.5 Å². The lowest BCUT2D eigenvalue weighted by Crippen LogP contribution is -2.47. The molecular weight excluding hydrogens is 399 g/mol. The van der Waals surface area contributed by atoms with Crippen LogP contribution < -0.4 is 10.2 Å². The second-order valence-electron chi connectivity index (χ2n) is 6.93. The maximum absolute atomic E-state index is 13.1. The molecule has 1 atom stereocenters. The van der Waals surface area contributed by atoms with Gasteiger partial charge in [0, 0.05) is 23.3 Å². The molecule has 1 aliphatic carbocycles. The number of phenolic OH excluding ortho intramolecular Hbond substituents is 1. The number of nitrogens with zero attached hydrogens (tertiary/aromatic N) is 2. The summed E-state index contributed by atoms with van der Waals surface area (Å²) in [6.07, 6.45) is -4.30. The topological polar surface area (TPSA) is 93.4 Å². The summed E-state index contributed by atoms with van der Waals surface area (Å²) < 4.78 is 39.3. The quantitative estimate of drug-likeness (QED) is 0.773. The normalized spacial score (nSPS) is 18.9. The molecule has 6 nitrogen and oxygen atoms in total. The van der Waals surface area contributed by atoms with Gasteiger partial charge >= 0.3 is 12.2 Å². The van der Waals surface area contributed by atoms with Crippen LogP contribution in [0.2, 0.25) is 0 Å². The van der Waals surface area contributed by atoms with Crippen LogP contribution in [0.25, 0.3) is 0 Å². The van der Waals surface area contributed by atoms with E-state index in [-0.39, 0.29) is 46.8 Å². The number of alkyl halides is 3. The number of hydrogen-bond acceptors (Lipinski definition) is 4. The summed E-state index contributed by atoms with van der Waals surface area (Å²) in [4.78, 5) is 26.5. The largest absolute Gasteiger partial charge is 0.508 e. The molecule has 9 heteroatoms. The standard InChI is InChI=1S/C21H14F3N3O3/c22-21(23,24)12-2-1-3-13(9-12)27-15-6-7-16(28)18(15)19(26-20(27)30)14-5-4-11(10-25)8-17(14)29/h1-5,8-9,19,29H,6-7H2,(H,26,30). The number of Topliss-reactive ketones (excluding diaryl/α,β-unsaturated/α-hetero) is 1. The summed E-state index contributed by atoms with van der Waals surface area (Å²) in [5.74, 6) is -0.533. The minimum atomic E-state index is -4.58. The third-order valence-electron chi connectivity index (χ3n) is 5.13. The average Bonchev–Trinajstić information content (AvgIpc) is 3.08. The van der Waals surface area contributed by atoms with Crippen molar-refractivity contribution in [2.24, 2.45) is 0 Å². The SMILES string of the molecule is N#Cc1ccc(C2NC(=O)N(c3cccc(C(F)(F)F)c3)C3=C2C(=O)CC3)c(O)c1. The van der Waals surface area contributed by atoms with Crippen LogP contribution in [-0.2, 0) is 11.0 Å². The number of aromatic hydroxyl groups is 1. The van der Waals surface area contributed by atoms with Gasteiger partial charge in [-0.2, -0.15) is 18.4 Å². The molecule has 2 N–H and O–H groups in total. The van der Waals surface area contributed by atoms with Gasteiger partial charge in [-0.15, -0.1) is 0 Å². The number of nitrogens with one attached hydrogen (secondary N) is 1. The molecular formula is C21H14F3N3O3. The van der Waals surface area contributed by atoms with Crippen molar-refractivity contribution in [3.63, 3.8) is 0 Å². The Hall–Kier alpha value is -3.80. The van der Waals surface area contributed by atoms with Crippen molar-refractivity contribution in [1.29, 1.82) is 5.26 Å². The second kappa shape index (κ2) is 6.91.